The lowest BCUT2D eigenvalue weighted by Crippen LogP contribution is -2.31. The van der Waals surface area contributed by atoms with Crippen molar-refractivity contribution in [2.24, 2.45) is 0 Å². The third-order valence-electron chi connectivity index (χ3n) is 2.79. The third kappa shape index (κ3) is 2.30. The quantitative estimate of drug-likeness (QED) is 0.815. The molecule has 1 atom stereocenters. The summed E-state index contributed by atoms with van der Waals surface area (Å²) >= 11 is 0. The molecule has 0 radical (unpaired) electrons. The first-order chi connectivity index (χ1) is 7.23. The second-order valence-electron chi connectivity index (χ2n) is 4.02. The zero-order valence-electron chi connectivity index (χ0n) is 8.90. The molecule has 1 aliphatic rings. The Morgan fingerprint density at radius 2 is 2.27 bits per heavy atom. The predicted octanol–water partition coefficient (Wildman–Crippen LogP) is 1.39. The normalized spacial score (nSPS) is 25.5. The second kappa shape index (κ2) is 4.21. The highest BCUT2D eigenvalue weighted by Crippen LogP contribution is 2.27. The molecule has 15 heavy (non-hydrogen) atoms. The van der Waals surface area contributed by atoms with Gasteiger partial charge in [-0.25, -0.2) is 0 Å². The third-order valence-corrected chi connectivity index (χ3v) is 2.79. The predicted molar refractivity (Wildman–Crippen MR) is 57.1 cm³/mol. The summed E-state index contributed by atoms with van der Waals surface area (Å²) in [6.07, 6.45) is 1.29. The Kier molecular flexibility index (Phi) is 2.93. The largest absolute Gasteiger partial charge is 0.496 e. The highest BCUT2D eigenvalue weighted by atomic mass is 16.5. The Hall–Kier alpha value is -1.06. The van der Waals surface area contributed by atoms with Crippen LogP contribution in [0.5, 0.6) is 5.75 Å². The van der Waals surface area contributed by atoms with E-state index in [1.807, 2.05) is 24.3 Å². The fourth-order valence-corrected chi connectivity index (χ4v) is 1.94. The maximum Gasteiger partial charge on any atom is 0.122 e. The van der Waals surface area contributed by atoms with Crippen LogP contribution in [0.3, 0.4) is 0 Å². The first-order valence-electron chi connectivity index (χ1n) is 5.15. The molecule has 82 valence electrons. The minimum absolute atomic E-state index is 0.422. The Morgan fingerprint density at radius 3 is 2.93 bits per heavy atom. The first-order valence-corrected chi connectivity index (χ1v) is 5.15. The van der Waals surface area contributed by atoms with Gasteiger partial charge in [0.05, 0.1) is 19.3 Å². The zero-order valence-corrected chi connectivity index (χ0v) is 8.90. The summed E-state index contributed by atoms with van der Waals surface area (Å²) in [5, 5.41) is 10.2. The van der Waals surface area contributed by atoms with Gasteiger partial charge in [0.1, 0.15) is 5.75 Å². The van der Waals surface area contributed by atoms with Crippen LogP contribution < -0.4 is 4.74 Å². The maximum absolute atomic E-state index is 10.2. The van der Waals surface area contributed by atoms with Crippen molar-refractivity contribution in [1.29, 1.82) is 0 Å². The van der Waals surface area contributed by atoms with E-state index in [0.717, 1.165) is 11.3 Å². The van der Waals surface area contributed by atoms with Gasteiger partial charge in [-0.15, -0.1) is 0 Å². The Labute approximate surface area is 89.6 Å². The molecule has 1 N–H and O–H groups in total. The van der Waals surface area contributed by atoms with Gasteiger partial charge in [-0.1, -0.05) is 18.2 Å². The standard InChI is InChI=1S/C12H16O3/c1-14-11-5-3-2-4-10(11)8-12(13)6-7-15-9-12/h2-5,13H,6-9H2,1H3. The van der Waals surface area contributed by atoms with E-state index < -0.39 is 5.60 Å². The van der Waals surface area contributed by atoms with Crippen LogP contribution >= 0.6 is 0 Å². The number of aliphatic hydroxyl groups is 1. The van der Waals surface area contributed by atoms with Crippen molar-refractivity contribution in [2.45, 2.75) is 18.4 Å². The van der Waals surface area contributed by atoms with Gasteiger partial charge in [0.25, 0.3) is 0 Å². The van der Waals surface area contributed by atoms with E-state index >= 15 is 0 Å². The number of benzene rings is 1. The number of hydrogen-bond acceptors (Lipinski definition) is 3. The van der Waals surface area contributed by atoms with Crippen LogP contribution in [0, 0.1) is 0 Å². The van der Waals surface area contributed by atoms with Crippen molar-refractivity contribution in [3.63, 3.8) is 0 Å². The lowest BCUT2D eigenvalue weighted by atomic mass is 9.93. The van der Waals surface area contributed by atoms with Crippen molar-refractivity contribution >= 4 is 0 Å². The molecular weight excluding hydrogens is 192 g/mol. The van der Waals surface area contributed by atoms with Crippen LogP contribution in [0.2, 0.25) is 0 Å². The minimum Gasteiger partial charge on any atom is -0.496 e. The number of hydrogen-bond donors (Lipinski definition) is 1. The lowest BCUT2D eigenvalue weighted by Gasteiger charge is -2.21. The zero-order chi connectivity index (χ0) is 10.7. The second-order valence-corrected chi connectivity index (χ2v) is 4.02. The van der Waals surface area contributed by atoms with Gasteiger partial charge in [-0.2, -0.15) is 0 Å². The van der Waals surface area contributed by atoms with Crippen molar-refractivity contribution in [3.05, 3.63) is 29.8 Å². The van der Waals surface area contributed by atoms with Crippen molar-refractivity contribution in [2.75, 3.05) is 20.3 Å². The topological polar surface area (TPSA) is 38.7 Å². The van der Waals surface area contributed by atoms with Crippen LogP contribution in [0.15, 0.2) is 24.3 Å². The smallest absolute Gasteiger partial charge is 0.122 e. The Balaban J connectivity index is 2.16. The molecule has 0 aromatic heterocycles. The molecule has 1 heterocycles. The highest BCUT2D eigenvalue weighted by Gasteiger charge is 2.33. The summed E-state index contributed by atoms with van der Waals surface area (Å²) in [5.74, 6) is 0.831. The molecule has 0 amide bonds. The van der Waals surface area contributed by atoms with Gasteiger partial charge in [0, 0.05) is 19.4 Å². The van der Waals surface area contributed by atoms with Gasteiger partial charge in [0.15, 0.2) is 0 Å². The molecule has 3 nitrogen and oxygen atoms in total. The molecule has 0 spiro atoms. The lowest BCUT2D eigenvalue weighted by molar-refractivity contribution is 0.0266. The van der Waals surface area contributed by atoms with Crippen molar-refractivity contribution < 1.29 is 14.6 Å². The van der Waals surface area contributed by atoms with E-state index in [-0.39, 0.29) is 0 Å². The molecule has 0 aliphatic carbocycles. The van der Waals surface area contributed by atoms with Crippen LogP contribution in [0.4, 0.5) is 0 Å². The number of para-hydroxylation sites is 1. The average molecular weight is 208 g/mol. The molecule has 3 heteroatoms. The van der Waals surface area contributed by atoms with Crippen LogP contribution in [0.1, 0.15) is 12.0 Å². The molecule has 1 unspecified atom stereocenters. The van der Waals surface area contributed by atoms with Gasteiger partial charge in [-0.3, -0.25) is 0 Å². The first kappa shape index (κ1) is 10.5. The fraction of sp³-hybridized carbons (Fsp3) is 0.500. The van der Waals surface area contributed by atoms with Gasteiger partial charge in [-0.05, 0) is 11.6 Å². The van der Waals surface area contributed by atoms with Gasteiger partial charge >= 0.3 is 0 Å². The van der Waals surface area contributed by atoms with E-state index in [1.54, 1.807) is 7.11 Å². The van der Waals surface area contributed by atoms with E-state index in [4.69, 9.17) is 9.47 Å². The number of ether oxygens (including phenoxy) is 2. The van der Waals surface area contributed by atoms with E-state index in [0.29, 0.717) is 26.1 Å². The van der Waals surface area contributed by atoms with Crippen molar-refractivity contribution in [1.82, 2.24) is 0 Å². The fourth-order valence-electron chi connectivity index (χ4n) is 1.94. The summed E-state index contributed by atoms with van der Waals surface area (Å²) < 4.78 is 10.5. The molecule has 1 fully saturated rings. The molecule has 1 saturated heterocycles. The minimum atomic E-state index is -0.714. The molecule has 2 rings (SSSR count). The average Bonchev–Trinajstić information content (AvgIpc) is 2.66. The monoisotopic (exact) mass is 208 g/mol. The number of methoxy groups -OCH3 is 1. The van der Waals surface area contributed by atoms with Gasteiger partial charge in [0.2, 0.25) is 0 Å². The van der Waals surface area contributed by atoms with Crippen LogP contribution in [-0.4, -0.2) is 31.0 Å². The van der Waals surface area contributed by atoms with Gasteiger partial charge < -0.3 is 14.6 Å². The maximum atomic E-state index is 10.2. The SMILES string of the molecule is COc1ccccc1CC1(O)CCOC1. The van der Waals surface area contributed by atoms with E-state index in [1.165, 1.54) is 0 Å². The summed E-state index contributed by atoms with van der Waals surface area (Å²) in [6, 6.07) is 7.78. The molecular formula is C12H16O3. The van der Waals surface area contributed by atoms with Crippen LogP contribution in [-0.2, 0) is 11.2 Å². The van der Waals surface area contributed by atoms with Crippen molar-refractivity contribution in [3.8, 4) is 5.75 Å². The van der Waals surface area contributed by atoms with E-state index in [2.05, 4.69) is 0 Å². The number of rotatable bonds is 3. The molecule has 1 aliphatic heterocycles. The molecule has 0 bridgehead atoms. The van der Waals surface area contributed by atoms with Crippen LogP contribution in [0.25, 0.3) is 0 Å². The molecule has 0 saturated carbocycles. The highest BCUT2D eigenvalue weighted by molar-refractivity contribution is 5.34. The summed E-state index contributed by atoms with van der Waals surface area (Å²) in [4.78, 5) is 0. The summed E-state index contributed by atoms with van der Waals surface area (Å²) in [5.41, 5.74) is 0.322. The summed E-state index contributed by atoms with van der Waals surface area (Å²) in [6.45, 7) is 1.07. The van der Waals surface area contributed by atoms with E-state index in [9.17, 15) is 5.11 Å². The Morgan fingerprint density at radius 1 is 1.47 bits per heavy atom. The Bertz CT molecular complexity index is 329. The summed E-state index contributed by atoms with van der Waals surface area (Å²) in [7, 11) is 1.65. The molecule has 1 aromatic carbocycles. The molecule has 1 aromatic rings.